The van der Waals surface area contributed by atoms with E-state index in [0.717, 1.165) is 36.2 Å². The highest BCUT2D eigenvalue weighted by molar-refractivity contribution is 5.66. The molecule has 3 aromatic rings. The smallest absolute Gasteiger partial charge is 0.229 e. The molecule has 0 radical (unpaired) electrons. The van der Waals surface area contributed by atoms with Crippen LogP contribution < -0.4 is 10.6 Å². The molecule has 4 rings (SSSR count). The molecule has 0 spiro atoms. The number of nitrogens with one attached hydrogen (secondary N) is 2. The molecule has 0 atom stereocenters. The molecule has 0 aliphatic heterocycles. The number of anilines is 3. The Kier molecular flexibility index (Phi) is 4.01. The predicted molar refractivity (Wildman–Crippen MR) is 93.8 cm³/mol. The summed E-state index contributed by atoms with van der Waals surface area (Å²) >= 11 is 0. The Bertz CT molecular complexity index is 895. The van der Waals surface area contributed by atoms with E-state index in [1.165, 1.54) is 6.07 Å². The van der Waals surface area contributed by atoms with E-state index in [2.05, 4.69) is 20.6 Å². The van der Waals surface area contributed by atoms with Crippen molar-refractivity contribution < 1.29 is 8.78 Å². The minimum Gasteiger partial charge on any atom is -0.367 e. The van der Waals surface area contributed by atoms with Gasteiger partial charge < -0.3 is 10.6 Å². The molecule has 1 aliphatic carbocycles. The first kappa shape index (κ1) is 15.5. The van der Waals surface area contributed by atoms with Crippen LogP contribution in [0.3, 0.4) is 0 Å². The lowest BCUT2D eigenvalue weighted by Gasteiger charge is -2.11. The molecule has 1 aromatic heterocycles. The van der Waals surface area contributed by atoms with Crippen LogP contribution >= 0.6 is 0 Å². The molecule has 2 N–H and O–H groups in total. The molecule has 126 valence electrons. The van der Waals surface area contributed by atoms with Gasteiger partial charge in [0, 0.05) is 29.4 Å². The van der Waals surface area contributed by atoms with Gasteiger partial charge in [-0.15, -0.1) is 0 Å². The SMILES string of the molecule is Fc1ccc(Nc2nc(NC3CC3)cc(-c3ccccc3)n2)cc1F. The molecule has 25 heavy (non-hydrogen) atoms. The van der Waals surface area contributed by atoms with Crippen molar-refractivity contribution in [2.24, 2.45) is 0 Å². The van der Waals surface area contributed by atoms with Crippen LogP contribution in [-0.2, 0) is 0 Å². The first-order chi connectivity index (χ1) is 12.2. The average Bonchev–Trinajstić information content (AvgIpc) is 3.43. The maximum absolute atomic E-state index is 13.4. The summed E-state index contributed by atoms with van der Waals surface area (Å²) in [4.78, 5) is 8.94. The third-order valence-corrected chi connectivity index (χ3v) is 3.90. The predicted octanol–water partition coefficient (Wildman–Crippen LogP) is 4.74. The molecule has 6 heteroatoms. The van der Waals surface area contributed by atoms with Crippen molar-refractivity contribution >= 4 is 17.5 Å². The molecule has 4 nitrogen and oxygen atoms in total. The third kappa shape index (κ3) is 3.74. The number of hydrogen-bond acceptors (Lipinski definition) is 4. The fourth-order valence-electron chi connectivity index (χ4n) is 2.47. The molecule has 1 aliphatic rings. The highest BCUT2D eigenvalue weighted by Crippen LogP contribution is 2.28. The second-order valence-corrected chi connectivity index (χ2v) is 6.00. The quantitative estimate of drug-likeness (QED) is 0.705. The summed E-state index contributed by atoms with van der Waals surface area (Å²) in [5, 5.41) is 6.29. The molecule has 1 saturated carbocycles. The lowest BCUT2D eigenvalue weighted by molar-refractivity contribution is 0.509. The number of hydrogen-bond donors (Lipinski definition) is 2. The molecule has 0 unspecified atom stereocenters. The Hall–Kier alpha value is -3.02. The Morgan fingerprint density at radius 1 is 0.880 bits per heavy atom. The van der Waals surface area contributed by atoms with E-state index in [-0.39, 0.29) is 0 Å². The minimum absolute atomic E-state index is 0.329. The zero-order chi connectivity index (χ0) is 17.2. The number of halogens is 2. The van der Waals surface area contributed by atoms with Crippen molar-refractivity contribution in [1.29, 1.82) is 0 Å². The molecular formula is C19H16F2N4. The van der Waals surface area contributed by atoms with Crippen molar-refractivity contribution in [1.82, 2.24) is 9.97 Å². The van der Waals surface area contributed by atoms with Crippen LogP contribution in [0, 0.1) is 11.6 Å². The standard InChI is InChI=1S/C19H16F2N4/c20-15-9-8-14(10-16(15)21)23-19-24-17(12-4-2-1-3-5-12)11-18(25-19)22-13-6-7-13/h1-5,8-11,13H,6-7H2,(H2,22,23,24,25). The van der Waals surface area contributed by atoms with Crippen LogP contribution in [-0.4, -0.2) is 16.0 Å². The van der Waals surface area contributed by atoms with Crippen molar-refractivity contribution in [3.05, 3.63) is 66.2 Å². The maximum atomic E-state index is 13.4. The van der Waals surface area contributed by atoms with Crippen LogP contribution in [0.25, 0.3) is 11.3 Å². The first-order valence-corrected chi connectivity index (χ1v) is 8.10. The highest BCUT2D eigenvalue weighted by atomic mass is 19.2. The zero-order valence-electron chi connectivity index (χ0n) is 13.3. The Morgan fingerprint density at radius 2 is 1.68 bits per heavy atom. The number of benzene rings is 2. The van der Waals surface area contributed by atoms with E-state index in [9.17, 15) is 8.78 Å². The van der Waals surface area contributed by atoms with Gasteiger partial charge in [0.15, 0.2) is 11.6 Å². The topological polar surface area (TPSA) is 49.8 Å². The van der Waals surface area contributed by atoms with Crippen molar-refractivity contribution in [3.8, 4) is 11.3 Å². The fraction of sp³-hybridized carbons (Fsp3) is 0.158. The summed E-state index contributed by atoms with van der Waals surface area (Å²) in [6.45, 7) is 0. The monoisotopic (exact) mass is 338 g/mol. The average molecular weight is 338 g/mol. The second kappa shape index (κ2) is 6.47. The highest BCUT2D eigenvalue weighted by Gasteiger charge is 2.22. The number of rotatable bonds is 5. The second-order valence-electron chi connectivity index (χ2n) is 6.00. The minimum atomic E-state index is -0.916. The molecule has 0 bridgehead atoms. The Morgan fingerprint density at radius 3 is 2.40 bits per heavy atom. The summed E-state index contributed by atoms with van der Waals surface area (Å²) in [5.74, 6) is -0.766. The van der Waals surface area contributed by atoms with Crippen molar-refractivity contribution in [2.45, 2.75) is 18.9 Å². The van der Waals surface area contributed by atoms with E-state index in [1.807, 2.05) is 36.4 Å². The van der Waals surface area contributed by atoms with Crippen LogP contribution in [0.2, 0.25) is 0 Å². The van der Waals surface area contributed by atoms with Crippen LogP contribution in [0.5, 0.6) is 0 Å². The van der Waals surface area contributed by atoms with Crippen molar-refractivity contribution in [2.75, 3.05) is 10.6 Å². The van der Waals surface area contributed by atoms with E-state index in [0.29, 0.717) is 23.5 Å². The Labute approximate surface area is 144 Å². The summed E-state index contributed by atoms with van der Waals surface area (Å²) in [6.07, 6.45) is 2.24. The first-order valence-electron chi connectivity index (χ1n) is 8.10. The van der Waals surface area contributed by atoms with Gasteiger partial charge in [-0.2, -0.15) is 4.98 Å². The Balaban J connectivity index is 1.68. The van der Waals surface area contributed by atoms with Gasteiger partial charge in [0.25, 0.3) is 0 Å². The van der Waals surface area contributed by atoms with Gasteiger partial charge in [-0.25, -0.2) is 13.8 Å². The van der Waals surface area contributed by atoms with Crippen molar-refractivity contribution in [3.63, 3.8) is 0 Å². The van der Waals surface area contributed by atoms with Crippen LogP contribution in [0.1, 0.15) is 12.8 Å². The van der Waals surface area contributed by atoms with E-state index >= 15 is 0 Å². The number of nitrogens with zero attached hydrogens (tertiary/aromatic N) is 2. The fourth-order valence-corrected chi connectivity index (χ4v) is 2.47. The van der Waals surface area contributed by atoms with Gasteiger partial charge in [0.05, 0.1) is 5.69 Å². The van der Waals surface area contributed by atoms with Gasteiger partial charge in [0.1, 0.15) is 5.82 Å². The van der Waals surface area contributed by atoms with Gasteiger partial charge in [-0.05, 0) is 25.0 Å². The van der Waals surface area contributed by atoms with E-state index in [4.69, 9.17) is 0 Å². The molecule has 0 saturated heterocycles. The third-order valence-electron chi connectivity index (χ3n) is 3.90. The number of aromatic nitrogens is 2. The lowest BCUT2D eigenvalue weighted by Crippen LogP contribution is -2.07. The van der Waals surface area contributed by atoms with Crippen LogP contribution in [0.15, 0.2) is 54.6 Å². The largest absolute Gasteiger partial charge is 0.367 e. The van der Waals surface area contributed by atoms with Gasteiger partial charge in [-0.1, -0.05) is 30.3 Å². The van der Waals surface area contributed by atoms with E-state index < -0.39 is 11.6 Å². The molecule has 1 fully saturated rings. The van der Waals surface area contributed by atoms with Gasteiger partial charge in [0.2, 0.25) is 5.95 Å². The zero-order valence-corrected chi connectivity index (χ0v) is 13.3. The van der Waals surface area contributed by atoms with Gasteiger partial charge >= 0.3 is 0 Å². The molecule has 0 amide bonds. The maximum Gasteiger partial charge on any atom is 0.229 e. The summed E-state index contributed by atoms with van der Waals surface area (Å²) in [6, 6.07) is 15.7. The molecule has 2 aromatic carbocycles. The van der Waals surface area contributed by atoms with Crippen LogP contribution in [0.4, 0.5) is 26.2 Å². The summed E-state index contributed by atoms with van der Waals surface area (Å²) in [7, 11) is 0. The molecular weight excluding hydrogens is 322 g/mol. The summed E-state index contributed by atoms with van der Waals surface area (Å²) < 4.78 is 26.5. The lowest BCUT2D eigenvalue weighted by atomic mass is 10.1. The van der Waals surface area contributed by atoms with Gasteiger partial charge in [-0.3, -0.25) is 0 Å². The summed E-state index contributed by atoms with van der Waals surface area (Å²) in [5.41, 5.74) is 2.10. The van der Waals surface area contributed by atoms with E-state index in [1.54, 1.807) is 0 Å². The molecule has 1 heterocycles. The normalized spacial score (nSPS) is 13.5.